The van der Waals surface area contributed by atoms with Gasteiger partial charge in [-0.1, -0.05) is 13.8 Å². The Morgan fingerprint density at radius 3 is 1.50 bits per heavy atom. The number of nitrogen functional groups attached to an aromatic ring is 4. The largest absolute Gasteiger partial charge is 0.397 e. The Balaban J connectivity index is 3.60. The predicted molar refractivity (Wildman–Crippen MR) is 70.9 cm³/mol. The molecular weight excluding hydrogens is 291 g/mol. The van der Waals surface area contributed by atoms with E-state index in [0.717, 1.165) is 9.13 Å². The lowest BCUT2D eigenvalue weighted by Gasteiger charge is -2.18. The zero-order valence-electron chi connectivity index (χ0n) is 8.26. The van der Waals surface area contributed by atoms with Crippen LogP contribution < -0.4 is 22.9 Å². The molecule has 0 fully saturated rings. The van der Waals surface area contributed by atoms with E-state index in [2.05, 4.69) is 22.6 Å². The molecule has 1 aromatic carbocycles. The summed E-state index contributed by atoms with van der Waals surface area (Å²) in [4.78, 5) is 0. The molecule has 0 amide bonds. The number of halogens is 1. The van der Waals surface area contributed by atoms with Crippen molar-refractivity contribution in [2.45, 2.75) is 19.8 Å². The summed E-state index contributed by atoms with van der Waals surface area (Å²) >= 11 is 2.05. The van der Waals surface area contributed by atoms with Crippen molar-refractivity contribution in [3.8, 4) is 0 Å². The highest BCUT2D eigenvalue weighted by Crippen LogP contribution is 2.40. The van der Waals surface area contributed by atoms with Gasteiger partial charge in [0.05, 0.1) is 26.3 Å². The lowest BCUT2D eigenvalue weighted by Crippen LogP contribution is -2.11. The maximum absolute atomic E-state index is 5.89. The normalized spacial score (nSPS) is 10.9. The van der Waals surface area contributed by atoms with Crippen molar-refractivity contribution in [1.29, 1.82) is 0 Å². The molecule has 0 aromatic heterocycles. The fourth-order valence-electron chi connectivity index (χ4n) is 1.44. The fraction of sp³-hybridized carbons (Fsp3) is 0.333. The average molecular weight is 306 g/mol. The van der Waals surface area contributed by atoms with Gasteiger partial charge in [0.25, 0.3) is 0 Å². The second kappa shape index (κ2) is 3.72. The van der Waals surface area contributed by atoms with E-state index >= 15 is 0 Å². The van der Waals surface area contributed by atoms with Gasteiger partial charge in [0.1, 0.15) is 0 Å². The number of hydrogen-bond acceptors (Lipinski definition) is 4. The van der Waals surface area contributed by atoms with Crippen molar-refractivity contribution in [2.75, 3.05) is 22.9 Å². The van der Waals surface area contributed by atoms with E-state index in [0.29, 0.717) is 22.7 Å². The molecule has 0 saturated carbocycles. The molecule has 0 spiro atoms. The number of nitrogens with two attached hydrogens (primary N) is 4. The monoisotopic (exact) mass is 306 g/mol. The Morgan fingerprint density at radius 2 is 1.21 bits per heavy atom. The van der Waals surface area contributed by atoms with Crippen molar-refractivity contribution in [3.63, 3.8) is 0 Å². The highest BCUT2D eigenvalue weighted by atomic mass is 127. The van der Waals surface area contributed by atoms with E-state index in [1.54, 1.807) is 0 Å². The Morgan fingerprint density at radius 1 is 0.857 bits per heavy atom. The van der Waals surface area contributed by atoms with E-state index in [1.807, 2.05) is 13.8 Å². The van der Waals surface area contributed by atoms with Crippen LogP contribution in [0.15, 0.2) is 0 Å². The van der Waals surface area contributed by atoms with E-state index in [9.17, 15) is 0 Å². The Labute approximate surface area is 97.1 Å². The lowest BCUT2D eigenvalue weighted by atomic mass is 9.97. The van der Waals surface area contributed by atoms with Gasteiger partial charge >= 0.3 is 0 Å². The topological polar surface area (TPSA) is 104 Å². The average Bonchev–Trinajstić information content (AvgIpc) is 2.11. The Hall–Kier alpha value is -0.850. The van der Waals surface area contributed by atoms with Gasteiger partial charge in [-0.3, -0.25) is 0 Å². The molecule has 0 atom stereocenters. The van der Waals surface area contributed by atoms with Crippen LogP contribution in [0.4, 0.5) is 22.7 Å². The minimum Gasteiger partial charge on any atom is -0.397 e. The van der Waals surface area contributed by atoms with Crippen molar-refractivity contribution in [1.82, 2.24) is 0 Å². The second-order valence-electron chi connectivity index (χ2n) is 3.54. The Bertz CT molecular complexity index is 345. The zero-order chi connectivity index (χ0) is 11.0. The molecule has 5 heteroatoms. The molecule has 4 nitrogen and oxygen atoms in total. The summed E-state index contributed by atoms with van der Waals surface area (Å²) in [5.41, 5.74) is 26.4. The van der Waals surface area contributed by atoms with Crippen LogP contribution in [0.25, 0.3) is 0 Å². The molecular formula is C9H15IN4. The molecule has 0 aliphatic heterocycles. The predicted octanol–water partition coefficient (Wildman–Crippen LogP) is 1.74. The van der Waals surface area contributed by atoms with Crippen LogP contribution in [0.3, 0.4) is 0 Å². The molecule has 0 aliphatic rings. The smallest absolute Gasteiger partial charge is 0.0709 e. The first-order valence-corrected chi connectivity index (χ1v) is 5.37. The van der Waals surface area contributed by atoms with Gasteiger partial charge in [0, 0.05) is 5.56 Å². The first-order valence-electron chi connectivity index (χ1n) is 4.29. The van der Waals surface area contributed by atoms with Crippen LogP contribution in [0.5, 0.6) is 0 Å². The summed E-state index contributed by atoms with van der Waals surface area (Å²) in [6.45, 7) is 4.02. The van der Waals surface area contributed by atoms with Crippen LogP contribution >= 0.6 is 22.6 Å². The van der Waals surface area contributed by atoms with Crippen LogP contribution in [-0.2, 0) is 0 Å². The van der Waals surface area contributed by atoms with E-state index in [1.165, 1.54) is 0 Å². The second-order valence-corrected chi connectivity index (χ2v) is 4.62. The van der Waals surface area contributed by atoms with Crippen LogP contribution in [0.1, 0.15) is 25.3 Å². The summed E-state index contributed by atoms with van der Waals surface area (Å²) in [5.74, 6) is 0.219. The van der Waals surface area contributed by atoms with Gasteiger partial charge < -0.3 is 22.9 Å². The third kappa shape index (κ3) is 1.56. The number of hydrogen-bond donors (Lipinski definition) is 4. The molecule has 0 aliphatic carbocycles. The minimum absolute atomic E-state index is 0.219. The van der Waals surface area contributed by atoms with Gasteiger partial charge in [-0.05, 0) is 28.5 Å². The van der Waals surface area contributed by atoms with E-state index in [4.69, 9.17) is 22.9 Å². The highest BCUT2D eigenvalue weighted by Gasteiger charge is 2.17. The molecule has 14 heavy (non-hydrogen) atoms. The lowest BCUT2D eigenvalue weighted by molar-refractivity contribution is 0.874. The fourth-order valence-corrected chi connectivity index (χ4v) is 2.02. The summed E-state index contributed by atoms with van der Waals surface area (Å²) in [7, 11) is 0. The van der Waals surface area contributed by atoms with Crippen molar-refractivity contribution >= 4 is 45.3 Å². The summed E-state index contributed by atoms with van der Waals surface area (Å²) in [6.07, 6.45) is 0. The van der Waals surface area contributed by atoms with Crippen LogP contribution in [0, 0.1) is 3.57 Å². The van der Waals surface area contributed by atoms with Crippen molar-refractivity contribution in [2.24, 2.45) is 0 Å². The van der Waals surface area contributed by atoms with E-state index in [-0.39, 0.29) is 5.92 Å². The molecule has 0 saturated heterocycles. The van der Waals surface area contributed by atoms with Crippen LogP contribution in [0.2, 0.25) is 0 Å². The third-order valence-electron chi connectivity index (χ3n) is 2.21. The molecule has 1 rings (SSSR count). The van der Waals surface area contributed by atoms with Gasteiger partial charge in [-0.2, -0.15) is 0 Å². The molecule has 0 heterocycles. The number of anilines is 4. The molecule has 0 bridgehead atoms. The minimum atomic E-state index is 0.219. The Kier molecular flexibility index (Phi) is 2.98. The SMILES string of the molecule is CC(C)c1c(N)c(N)c(I)c(N)c1N. The van der Waals surface area contributed by atoms with Gasteiger partial charge in [-0.25, -0.2) is 0 Å². The van der Waals surface area contributed by atoms with Crippen LogP contribution in [-0.4, -0.2) is 0 Å². The first-order chi connectivity index (χ1) is 6.37. The van der Waals surface area contributed by atoms with Gasteiger partial charge in [0.2, 0.25) is 0 Å². The van der Waals surface area contributed by atoms with E-state index < -0.39 is 0 Å². The quantitative estimate of drug-likeness (QED) is 0.468. The summed E-state index contributed by atoms with van der Waals surface area (Å²) in [6, 6.07) is 0. The van der Waals surface area contributed by atoms with Gasteiger partial charge in [-0.15, -0.1) is 0 Å². The molecule has 0 unspecified atom stereocenters. The molecule has 78 valence electrons. The van der Waals surface area contributed by atoms with Crippen molar-refractivity contribution in [3.05, 3.63) is 9.13 Å². The number of benzene rings is 1. The highest BCUT2D eigenvalue weighted by molar-refractivity contribution is 14.1. The first kappa shape index (κ1) is 11.2. The molecule has 1 aromatic rings. The number of rotatable bonds is 1. The van der Waals surface area contributed by atoms with Gasteiger partial charge in [0.15, 0.2) is 0 Å². The summed E-state index contributed by atoms with van der Waals surface area (Å²) in [5, 5.41) is 0. The van der Waals surface area contributed by atoms with Crippen molar-refractivity contribution < 1.29 is 0 Å². The maximum atomic E-state index is 5.89. The third-order valence-corrected chi connectivity index (χ3v) is 3.37. The summed E-state index contributed by atoms with van der Waals surface area (Å²) < 4.78 is 0.738. The zero-order valence-corrected chi connectivity index (χ0v) is 10.4. The molecule has 0 radical (unpaired) electrons. The standard InChI is InChI=1S/C9H15IN4/c1-3(2)4-6(11)8(13)5(10)9(14)7(4)12/h3H,11-14H2,1-2H3. The molecule has 8 N–H and O–H groups in total. The maximum Gasteiger partial charge on any atom is 0.0709 e.